The minimum absolute atomic E-state index is 0.312. The number of hydrogen-bond acceptors (Lipinski definition) is 3. The van der Waals surface area contributed by atoms with Crippen molar-refractivity contribution in [2.45, 2.75) is 77.6 Å². The lowest BCUT2D eigenvalue weighted by atomic mass is 9.63. The Balaban J connectivity index is 1.96. The molecule has 1 aliphatic carbocycles. The summed E-state index contributed by atoms with van der Waals surface area (Å²) in [7, 11) is 1.86. The van der Waals surface area contributed by atoms with Gasteiger partial charge in [0.05, 0.1) is 6.10 Å². The SMILES string of the molecule is CCC1CCN(C2CC(OC)C2(C)C)CCC(C)N1. The summed E-state index contributed by atoms with van der Waals surface area (Å²) in [5.41, 5.74) is 0.312. The van der Waals surface area contributed by atoms with E-state index in [1.54, 1.807) is 0 Å². The summed E-state index contributed by atoms with van der Waals surface area (Å²) >= 11 is 0. The van der Waals surface area contributed by atoms with Gasteiger partial charge in [0.1, 0.15) is 0 Å². The van der Waals surface area contributed by atoms with Crippen molar-refractivity contribution < 1.29 is 4.74 Å². The number of rotatable bonds is 3. The highest BCUT2D eigenvalue weighted by Crippen LogP contribution is 2.45. The molecule has 3 nitrogen and oxygen atoms in total. The average molecular weight is 268 g/mol. The molecule has 0 amide bonds. The minimum atomic E-state index is 0.312. The molecule has 4 unspecified atom stereocenters. The van der Waals surface area contributed by atoms with E-state index in [0.29, 0.717) is 29.6 Å². The maximum atomic E-state index is 5.60. The first kappa shape index (κ1) is 15.3. The maximum Gasteiger partial charge on any atom is 0.0652 e. The molecule has 2 fully saturated rings. The summed E-state index contributed by atoms with van der Waals surface area (Å²) in [6.45, 7) is 11.8. The molecule has 1 aliphatic heterocycles. The van der Waals surface area contributed by atoms with Gasteiger partial charge in [-0.2, -0.15) is 0 Å². The third kappa shape index (κ3) is 3.14. The molecule has 112 valence electrons. The summed E-state index contributed by atoms with van der Waals surface area (Å²) in [6.07, 6.45) is 5.45. The Morgan fingerprint density at radius 2 is 1.95 bits per heavy atom. The molecule has 1 heterocycles. The predicted octanol–water partition coefficient (Wildman–Crippen LogP) is 2.65. The van der Waals surface area contributed by atoms with Crippen molar-refractivity contribution in [2.75, 3.05) is 20.2 Å². The fourth-order valence-corrected chi connectivity index (χ4v) is 3.88. The van der Waals surface area contributed by atoms with Gasteiger partial charge in [0.2, 0.25) is 0 Å². The highest BCUT2D eigenvalue weighted by Gasteiger charge is 2.51. The summed E-state index contributed by atoms with van der Waals surface area (Å²) in [5.74, 6) is 0. The van der Waals surface area contributed by atoms with Gasteiger partial charge in [-0.25, -0.2) is 0 Å². The second-order valence-electron chi connectivity index (χ2n) is 7.08. The van der Waals surface area contributed by atoms with Crippen LogP contribution in [0.5, 0.6) is 0 Å². The molecule has 1 saturated carbocycles. The van der Waals surface area contributed by atoms with Crippen LogP contribution in [0.25, 0.3) is 0 Å². The lowest BCUT2D eigenvalue weighted by Gasteiger charge is -2.56. The van der Waals surface area contributed by atoms with E-state index in [0.717, 1.165) is 0 Å². The Kier molecular flexibility index (Phi) is 4.91. The first-order valence-electron chi connectivity index (χ1n) is 8.02. The molecular weight excluding hydrogens is 236 g/mol. The zero-order valence-corrected chi connectivity index (χ0v) is 13.4. The van der Waals surface area contributed by atoms with Crippen molar-refractivity contribution in [1.29, 1.82) is 0 Å². The molecule has 1 saturated heterocycles. The Hall–Kier alpha value is -0.120. The fourth-order valence-electron chi connectivity index (χ4n) is 3.88. The van der Waals surface area contributed by atoms with Gasteiger partial charge < -0.3 is 10.1 Å². The van der Waals surface area contributed by atoms with Crippen LogP contribution in [0.3, 0.4) is 0 Å². The molecule has 4 atom stereocenters. The van der Waals surface area contributed by atoms with E-state index < -0.39 is 0 Å². The molecule has 0 bridgehead atoms. The second-order valence-corrected chi connectivity index (χ2v) is 7.08. The number of nitrogens with zero attached hydrogens (tertiary/aromatic N) is 1. The van der Waals surface area contributed by atoms with Gasteiger partial charge in [0.15, 0.2) is 0 Å². The van der Waals surface area contributed by atoms with Crippen LogP contribution in [0.2, 0.25) is 0 Å². The Bertz CT molecular complexity index is 292. The van der Waals surface area contributed by atoms with E-state index in [-0.39, 0.29) is 0 Å². The maximum absolute atomic E-state index is 5.60. The molecule has 19 heavy (non-hydrogen) atoms. The molecular formula is C16H32N2O. The lowest BCUT2D eigenvalue weighted by Crippen LogP contribution is -2.63. The van der Waals surface area contributed by atoms with Gasteiger partial charge in [0.25, 0.3) is 0 Å². The second kappa shape index (κ2) is 6.11. The first-order valence-corrected chi connectivity index (χ1v) is 8.02. The highest BCUT2D eigenvalue weighted by molar-refractivity contribution is 5.04. The average Bonchev–Trinajstić information content (AvgIpc) is 2.36. The molecule has 2 aliphatic rings. The Morgan fingerprint density at radius 3 is 2.53 bits per heavy atom. The molecule has 3 heteroatoms. The van der Waals surface area contributed by atoms with Gasteiger partial charge in [-0.3, -0.25) is 4.90 Å². The molecule has 0 aromatic heterocycles. The topological polar surface area (TPSA) is 24.5 Å². The normalized spacial score (nSPS) is 40.3. The van der Waals surface area contributed by atoms with Crippen LogP contribution in [0.4, 0.5) is 0 Å². The van der Waals surface area contributed by atoms with Gasteiger partial charge in [0, 0.05) is 30.7 Å². The quantitative estimate of drug-likeness (QED) is 0.851. The molecule has 2 rings (SSSR count). The fraction of sp³-hybridized carbons (Fsp3) is 1.00. The van der Waals surface area contributed by atoms with Crippen molar-refractivity contribution in [3.05, 3.63) is 0 Å². The van der Waals surface area contributed by atoms with Crippen molar-refractivity contribution in [1.82, 2.24) is 10.2 Å². The smallest absolute Gasteiger partial charge is 0.0652 e. The Labute approximate surface area is 119 Å². The zero-order chi connectivity index (χ0) is 14.0. The minimum Gasteiger partial charge on any atom is -0.381 e. The number of methoxy groups -OCH3 is 1. The van der Waals surface area contributed by atoms with Gasteiger partial charge in [-0.1, -0.05) is 20.8 Å². The van der Waals surface area contributed by atoms with Crippen LogP contribution >= 0.6 is 0 Å². The number of ether oxygens (including phenoxy) is 1. The largest absolute Gasteiger partial charge is 0.381 e. The summed E-state index contributed by atoms with van der Waals surface area (Å²) in [5, 5.41) is 3.75. The summed E-state index contributed by atoms with van der Waals surface area (Å²) < 4.78 is 5.60. The molecule has 0 aromatic rings. The van der Waals surface area contributed by atoms with E-state index >= 15 is 0 Å². The van der Waals surface area contributed by atoms with Crippen molar-refractivity contribution in [2.24, 2.45) is 5.41 Å². The van der Waals surface area contributed by atoms with Crippen LogP contribution in [0.1, 0.15) is 53.4 Å². The number of nitrogens with one attached hydrogen (secondary N) is 1. The van der Waals surface area contributed by atoms with E-state index in [1.165, 1.54) is 38.8 Å². The van der Waals surface area contributed by atoms with E-state index in [2.05, 4.69) is 37.9 Å². The summed E-state index contributed by atoms with van der Waals surface area (Å²) in [6, 6.07) is 2.05. The highest BCUT2D eigenvalue weighted by atomic mass is 16.5. The van der Waals surface area contributed by atoms with E-state index in [1.807, 2.05) is 7.11 Å². The van der Waals surface area contributed by atoms with Gasteiger partial charge in [-0.15, -0.1) is 0 Å². The molecule has 0 radical (unpaired) electrons. The summed E-state index contributed by atoms with van der Waals surface area (Å²) in [4.78, 5) is 2.73. The van der Waals surface area contributed by atoms with Crippen LogP contribution in [0.15, 0.2) is 0 Å². The third-order valence-corrected chi connectivity index (χ3v) is 5.48. The van der Waals surface area contributed by atoms with Crippen LogP contribution in [-0.2, 0) is 4.74 Å². The Morgan fingerprint density at radius 1 is 1.26 bits per heavy atom. The first-order chi connectivity index (χ1) is 8.98. The van der Waals surface area contributed by atoms with Crippen LogP contribution in [-0.4, -0.2) is 49.3 Å². The lowest BCUT2D eigenvalue weighted by molar-refractivity contribution is -0.139. The monoisotopic (exact) mass is 268 g/mol. The molecule has 0 spiro atoms. The van der Waals surface area contributed by atoms with E-state index in [9.17, 15) is 0 Å². The number of hydrogen-bond donors (Lipinski definition) is 1. The standard InChI is InChI=1S/C16H32N2O/c1-6-13-8-10-18(9-7-12(2)17-13)14-11-15(19-5)16(14,3)4/h12-15,17H,6-11H2,1-5H3. The third-order valence-electron chi connectivity index (χ3n) is 5.48. The van der Waals surface area contributed by atoms with Crippen molar-refractivity contribution >= 4 is 0 Å². The van der Waals surface area contributed by atoms with Crippen LogP contribution in [0, 0.1) is 5.41 Å². The van der Waals surface area contributed by atoms with Gasteiger partial charge >= 0.3 is 0 Å². The van der Waals surface area contributed by atoms with Crippen LogP contribution < -0.4 is 5.32 Å². The predicted molar refractivity (Wildman–Crippen MR) is 80.5 cm³/mol. The van der Waals surface area contributed by atoms with Crippen molar-refractivity contribution in [3.8, 4) is 0 Å². The molecule has 1 N–H and O–H groups in total. The molecule has 0 aromatic carbocycles. The zero-order valence-electron chi connectivity index (χ0n) is 13.4. The van der Waals surface area contributed by atoms with Gasteiger partial charge in [-0.05, 0) is 45.7 Å². The van der Waals surface area contributed by atoms with E-state index in [4.69, 9.17) is 4.74 Å². The van der Waals surface area contributed by atoms with Crippen molar-refractivity contribution in [3.63, 3.8) is 0 Å².